The van der Waals surface area contributed by atoms with Crippen LogP contribution in [-0.2, 0) is 6.42 Å². The van der Waals surface area contributed by atoms with Gasteiger partial charge in [-0.15, -0.1) is 0 Å². The standard InChI is InChI=1S/C24H30N2O2/c1-4-18-10-12-19(13-11-18)24(28)26-14-6-9-22(16-26)20-7-5-8-21(15-20)23(27)25-17(2)3/h5,7-8,10-13,15,17,22H,4,6,9,14,16H2,1-3H3,(H,25,27). The summed E-state index contributed by atoms with van der Waals surface area (Å²) in [7, 11) is 0. The highest BCUT2D eigenvalue weighted by atomic mass is 16.2. The maximum Gasteiger partial charge on any atom is 0.253 e. The van der Waals surface area contributed by atoms with Crippen LogP contribution in [0, 0.1) is 0 Å². The number of hydrogen-bond acceptors (Lipinski definition) is 2. The van der Waals surface area contributed by atoms with E-state index >= 15 is 0 Å². The number of likely N-dealkylation sites (tertiary alicyclic amines) is 1. The van der Waals surface area contributed by atoms with E-state index in [-0.39, 0.29) is 23.8 Å². The minimum atomic E-state index is -0.0448. The van der Waals surface area contributed by atoms with Crippen molar-refractivity contribution in [1.29, 1.82) is 0 Å². The minimum absolute atomic E-state index is 0.0448. The number of rotatable bonds is 5. The van der Waals surface area contributed by atoms with Gasteiger partial charge in [-0.2, -0.15) is 0 Å². The van der Waals surface area contributed by atoms with E-state index in [1.165, 1.54) is 5.56 Å². The normalized spacial score (nSPS) is 16.9. The van der Waals surface area contributed by atoms with Crippen molar-refractivity contribution in [3.05, 3.63) is 70.8 Å². The van der Waals surface area contributed by atoms with Gasteiger partial charge in [-0.25, -0.2) is 0 Å². The Kier molecular flexibility index (Phi) is 6.50. The van der Waals surface area contributed by atoms with Crippen LogP contribution < -0.4 is 5.32 Å². The van der Waals surface area contributed by atoms with Crippen molar-refractivity contribution >= 4 is 11.8 Å². The number of benzene rings is 2. The van der Waals surface area contributed by atoms with Crippen molar-refractivity contribution in [1.82, 2.24) is 10.2 Å². The van der Waals surface area contributed by atoms with Gasteiger partial charge in [0.25, 0.3) is 11.8 Å². The van der Waals surface area contributed by atoms with E-state index in [2.05, 4.69) is 18.3 Å². The Morgan fingerprint density at radius 3 is 2.54 bits per heavy atom. The summed E-state index contributed by atoms with van der Waals surface area (Å²) in [6.45, 7) is 7.52. The van der Waals surface area contributed by atoms with Crippen LogP contribution in [0.4, 0.5) is 0 Å². The Morgan fingerprint density at radius 1 is 1.11 bits per heavy atom. The van der Waals surface area contributed by atoms with Gasteiger partial charge in [-0.05, 0) is 68.5 Å². The van der Waals surface area contributed by atoms with Gasteiger partial charge in [0.05, 0.1) is 0 Å². The zero-order valence-corrected chi connectivity index (χ0v) is 17.1. The van der Waals surface area contributed by atoms with Crippen LogP contribution in [0.15, 0.2) is 48.5 Å². The molecule has 4 heteroatoms. The summed E-state index contributed by atoms with van der Waals surface area (Å²) in [5.41, 5.74) is 3.81. The maximum absolute atomic E-state index is 12.9. The summed E-state index contributed by atoms with van der Waals surface area (Å²) >= 11 is 0. The molecule has 0 aliphatic carbocycles. The molecule has 2 aromatic carbocycles. The van der Waals surface area contributed by atoms with E-state index in [1.807, 2.05) is 61.2 Å². The monoisotopic (exact) mass is 378 g/mol. The SMILES string of the molecule is CCc1ccc(C(=O)N2CCCC(c3cccc(C(=O)NC(C)C)c3)C2)cc1. The third kappa shape index (κ3) is 4.80. The van der Waals surface area contributed by atoms with Gasteiger partial charge in [0.1, 0.15) is 0 Å². The van der Waals surface area contributed by atoms with Crippen LogP contribution in [-0.4, -0.2) is 35.8 Å². The molecular formula is C24H30N2O2. The fourth-order valence-electron chi connectivity index (χ4n) is 3.78. The van der Waals surface area contributed by atoms with Crippen LogP contribution in [0.3, 0.4) is 0 Å². The third-order valence-electron chi connectivity index (χ3n) is 5.36. The smallest absolute Gasteiger partial charge is 0.253 e. The largest absolute Gasteiger partial charge is 0.350 e. The summed E-state index contributed by atoms with van der Waals surface area (Å²) in [4.78, 5) is 27.2. The molecule has 1 aliphatic heterocycles. The molecule has 1 aliphatic rings. The van der Waals surface area contributed by atoms with Gasteiger partial charge in [0.2, 0.25) is 0 Å². The molecule has 0 spiro atoms. The molecule has 3 rings (SSSR count). The molecule has 0 bridgehead atoms. The van der Waals surface area contributed by atoms with Gasteiger partial charge in [-0.1, -0.05) is 31.2 Å². The number of amides is 2. The second-order valence-corrected chi connectivity index (χ2v) is 7.89. The molecule has 1 saturated heterocycles. The molecule has 28 heavy (non-hydrogen) atoms. The molecule has 148 valence electrons. The van der Waals surface area contributed by atoms with Crippen molar-refractivity contribution < 1.29 is 9.59 Å². The van der Waals surface area contributed by atoms with Gasteiger partial charge >= 0.3 is 0 Å². The highest BCUT2D eigenvalue weighted by molar-refractivity contribution is 5.95. The van der Waals surface area contributed by atoms with Crippen molar-refractivity contribution in [2.24, 2.45) is 0 Å². The lowest BCUT2D eigenvalue weighted by molar-refractivity contribution is 0.0706. The number of hydrogen-bond donors (Lipinski definition) is 1. The predicted molar refractivity (Wildman–Crippen MR) is 113 cm³/mol. The molecule has 1 fully saturated rings. The van der Waals surface area contributed by atoms with Crippen molar-refractivity contribution in [2.45, 2.75) is 52.0 Å². The highest BCUT2D eigenvalue weighted by Gasteiger charge is 2.26. The Bertz CT molecular complexity index is 827. The van der Waals surface area contributed by atoms with E-state index in [9.17, 15) is 9.59 Å². The van der Waals surface area contributed by atoms with Gasteiger partial charge in [-0.3, -0.25) is 9.59 Å². The third-order valence-corrected chi connectivity index (χ3v) is 5.36. The summed E-state index contributed by atoms with van der Waals surface area (Å²) in [6.07, 6.45) is 2.99. The first-order valence-electron chi connectivity index (χ1n) is 10.3. The fourth-order valence-corrected chi connectivity index (χ4v) is 3.78. The number of nitrogens with one attached hydrogen (secondary N) is 1. The van der Waals surface area contributed by atoms with Crippen LogP contribution in [0.2, 0.25) is 0 Å². The van der Waals surface area contributed by atoms with Crippen molar-refractivity contribution in [3.63, 3.8) is 0 Å². The molecule has 1 unspecified atom stereocenters. The lowest BCUT2D eigenvalue weighted by atomic mass is 9.89. The van der Waals surface area contributed by atoms with Gasteiger partial charge < -0.3 is 10.2 Å². The molecule has 1 heterocycles. The molecular weight excluding hydrogens is 348 g/mol. The molecule has 2 aromatic rings. The van der Waals surface area contributed by atoms with Crippen molar-refractivity contribution in [3.8, 4) is 0 Å². The minimum Gasteiger partial charge on any atom is -0.350 e. The first kappa shape index (κ1) is 20.1. The second kappa shape index (κ2) is 9.05. The lowest BCUT2D eigenvalue weighted by Gasteiger charge is -2.33. The van der Waals surface area contributed by atoms with Crippen LogP contribution in [0.1, 0.15) is 71.4 Å². The Morgan fingerprint density at radius 2 is 1.86 bits per heavy atom. The molecule has 0 saturated carbocycles. The van der Waals surface area contributed by atoms with Crippen molar-refractivity contribution in [2.75, 3.05) is 13.1 Å². The average molecular weight is 379 g/mol. The molecule has 1 N–H and O–H groups in total. The predicted octanol–water partition coefficient (Wildman–Crippen LogP) is 4.41. The van der Waals surface area contributed by atoms with Crippen LogP contribution in [0.5, 0.6) is 0 Å². The molecule has 1 atom stereocenters. The molecule has 4 nitrogen and oxygen atoms in total. The van der Waals surface area contributed by atoms with E-state index < -0.39 is 0 Å². The van der Waals surface area contributed by atoms with E-state index in [0.29, 0.717) is 12.1 Å². The van der Waals surface area contributed by atoms with Gasteiger partial charge in [0.15, 0.2) is 0 Å². The number of carbonyl (C=O) groups is 2. The van der Waals surface area contributed by atoms with Gasteiger partial charge in [0, 0.05) is 36.2 Å². The summed E-state index contributed by atoms with van der Waals surface area (Å²) < 4.78 is 0. The first-order chi connectivity index (χ1) is 13.5. The van der Waals surface area contributed by atoms with Crippen LogP contribution >= 0.6 is 0 Å². The topological polar surface area (TPSA) is 49.4 Å². The lowest BCUT2D eigenvalue weighted by Crippen LogP contribution is -2.39. The number of nitrogens with zero attached hydrogens (tertiary/aromatic N) is 1. The van der Waals surface area contributed by atoms with E-state index in [0.717, 1.165) is 36.9 Å². The number of piperidine rings is 1. The first-order valence-corrected chi connectivity index (χ1v) is 10.3. The Labute approximate surface area is 167 Å². The average Bonchev–Trinajstić information content (AvgIpc) is 2.73. The number of carbonyl (C=O) groups excluding carboxylic acids is 2. The fraction of sp³-hybridized carbons (Fsp3) is 0.417. The Hall–Kier alpha value is -2.62. The summed E-state index contributed by atoms with van der Waals surface area (Å²) in [5, 5.41) is 2.94. The molecule has 2 amide bonds. The Balaban J connectivity index is 1.72. The summed E-state index contributed by atoms with van der Waals surface area (Å²) in [5.74, 6) is 0.317. The molecule has 0 radical (unpaired) electrons. The number of aryl methyl sites for hydroxylation is 1. The molecule has 0 aromatic heterocycles. The maximum atomic E-state index is 12.9. The van der Waals surface area contributed by atoms with Crippen LogP contribution in [0.25, 0.3) is 0 Å². The highest BCUT2D eigenvalue weighted by Crippen LogP contribution is 2.28. The summed E-state index contributed by atoms with van der Waals surface area (Å²) in [6, 6.07) is 15.9. The zero-order valence-electron chi connectivity index (χ0n) is 17.1. The zero-order chi connectivity index (χ0) is 20.1. The quantitative estimate of drug-likeness (QED) is 0.838. The second-order valence-electron chi connectivity index (χ2n) is 7.89. The van der Waals surface area contributed by atoms with E-state index in [4.69, 9.17) is 0 Å². The van der Waals surface area contributed by atoms with E-state index in [1.54, 1.807) is 0 Å².